The predicted molar refractivity (Wildman–Crippen MR) is 92.1 cm³/mol. The number of Topliss-reactive ketones (excluding diaryl/α,β-unsaturated/α-hetero) is 2. The molecule has 2 atom stereocenters. The molecule has 0 aliphatic heterocycles. The summed E-state index contributed by atoms with van der Waals surface area (Å²) >= 11 is 0. The third-order valence-corrected chi connectivity index (χ3v) is 4.23. The maximum Gasteiger partial charge on any atom is 0.195 e. The van der Waals surface area contributed by atoms with Gasteiger partial charge in [0.1, 0.15) is 0 Å². The van der Waals surface area contributed by atoms with Crippen molar-refractivity contribution < 1.29 is 9.59 Å². The summed E-state index contributed by atoms with van der Waals surface area (Å²) in [5, 5.41) is 3.33. The fraction of sp³-hybridized carbons (Fsp3) is 0.368. The number of rotatable bonds is 6. The zero-order chi connectivity index (χ0) is 17.1. The molecule has 1 aromatic heterocycles. The average molecular weight is 312 g/mol. The highest BCUT2D eigenvalue weighted by molar-refractivity contribution is 6.05. The molecule has 0 fully saturated rings. The molecule has 0 aliphatic carbocycles. The second-order valence-corrected chi connectivity index (χ2v) is 6.07. The van der Waals surface area contributed by atoms with Gasteiger partial charge in [0.25, 0.3) is 0 Å². The molecule has 0 spiro atoms. The summed E-state index contributed by atoms with van der Waals surface area (Å²) in [6, 6.07) is 9.73. The Morgan fingerprint density at radius 2 is 1.70 bits per heavy atom. The van der Waals surface area contributed by atoms with Gasteiger partial charge in [-0.15, -0.1) is 0 Å². The number of H-pyrrole nitrogens is 1. The number of carbonyl (C=O) groups excluding carboxylic acids is 2. The van der Waals surface area contributed by atoms with Crippen LogP contribution >= 0.6 is 0 Å². The highest BCUT2D eigenvalue weighted by atomic mass is 16.1. The molecular weight excluding hydrogens is 288 g/mol. The first-order chi connectivity index (χ1) is 10.8. The van der Waals surface area contributed by atoms with Crippen molar-refractivity contribution in [1.29, 1.82) is 0 Å². The van der Waals surface area contributed by atoms with Crippen molar-refractivity contribution >= 4 is 11.6 Å². The summed E-state index contributed by atoms with van der Waals surface area (Å²) in [7, 11) is 0. The van der Waals surface area contributed by atoms with Crippen molar-refractivity contribution in [3.8, 4) is 0 Å². The summed E-state index contributed by atoms with van der Waals surface area (Å²) in [6.45, 7) is 9.06. The number of hydrogen-bond acceptors (Lipinski definition) is 3. The number of hydrogen-bond donors (Lipinski definition) is 2. The lowest BCUT2D eigenvalue weighted by molar-refractivity contribution is 0.0940. The van der Waals surface area contributed by atoms with Gasteiger partial charge in [-0.3, -0.25) is 9.59 Å². The standard InChI is InChI=1S/C19H24N2O2/c1-11-17(15(5)22)13(3)21-18(11)19(23)14(4)20-12(2)16-9-7-6-8-10-16/h6-10,12,14,20-21H,1-5H3/t12-,14-/m1/s1. The number of nitrogens with one attached hydrogen (secondary N) is 2. The van der Waals surface area contributed by atoms with Gasteiger partial charge in [0.2, 0.25) is 0 Å². The van der Waals surface area contributed by atoms with Gasteiger partial charge in [0.05, 0.1) is 11.7 Å². The third kappa shape index (κ3) is 3.59. The van der Waals surface area contributed by atoms with Crippen LogP contribution in [-0.2, 0) is 0 Å². The van der Waals surface area contributed by atoms with Crippen molar-refractivity contribution in [2.75, 3.05) is 0 Å². The van der Waals surface area contributed by atoms with Crippen LogP contribution in [0.1, 0.15) is 64.5 Å². The van der Waals surface area contributed by atoms with Gasteiger partial charge >= 0.3 is 0 Å². The van der Waals surface area contributed by atoms with E-state index in [1.54, 1.807) is 0 Å². The van der Waals surface area contributed by atoms with Gasteiger partial charge in [-0.25, -0.2) is 0 Å². The normalized spacial score (nSPS) is 13.6. The number of aryl methyl sites for hydroxylation is 1. The Bertz CT molecular complexity index is 716. The zero-order valence-electron chi connectivity index (χ0n) is 14.4. The minimum absolute atomic E-state index is 0.0198. The number of benzene rings is 1. The van der Waals surface area contributed by atoms with Gasteiger partial charge < -0.3 is 10.3 Å². The van der Waals surface area contributed by atoms with Gasteiger partial charge in [-0.05, 0) is 45.7 Å². The zero-order valence-corrected chi connectivity index (χ0v) is 14.4. The molecule has 4 nitrogen and oxygen atoms in total. The fourth-order valence-corrected chi connectivity index (χ4v) is 3.03. The summed E-state index contributed by atoms with van der Waals surface area (Å²) in [5.41, 5.74) is 3.77. The predicted octanol–water partition coefficient (Wildman–Crippen LogP) is 3.76. The van der Waals surface area contributed by atoms with E-state index >= 15 is 0 Å². The smallest absolute Gasteiger partial charge is 0.195 e. The molecule has 0 radical (unpaired) electrons. The SMILES string of the molecule is CC(=O)c1c(C)[nH]c(C(=O)[C@@H](C)N[C@H](C)c2ccccc2)c1C. The lowest BCUT2D eigenvalue weighted by Crippen LogP contribution is -2.36. The molecule has 122 valence electrons. The summed E-state index contributed by atoms with van der Waals surface area (Å²) in [6.07, 6.45) is 0. The molecule has 2 N–H and O–H groups in total. The van der Waals surface area contributed by atoms with Crippen molar-refractivity contribution in [1.82, 2.24) is 10.3 Å². The maximum atomic E-state index is 12.7. The fourth-order valence-electron chi connectivity index (χ4n) is 3.03. The molecule has 0 aliphatic rings. The largest absolute Gasteiger partial charge is 0.355 e. The molecular formula is C19H24N2O2. The van der Waals surface area contributed by atoms with E-state index in [2.05, 4.69) is 10.3 Å². The Hall–Kier alpha value is -2.20. The minimum Gasteiger partial charge on any atom is -0.355 e. The Morgan fingerprint density at radius 1 is 1.09 bits per heavy atom. The monoisotopic (exact) mass is 312 g/mol. The average Bonchev–Trinajstić information content (AvgIpc) is 2.82. The van der Waals surface area contributed by atoms with Gasteiger partial charge in [0, 0.05) is 17.3 Å². The van der Waals surface area contributed by atoms with Gasteiger partial charge in [-0.1, -0.05) is 30.3 Å². The molecule has 0 saturated carbocycles. The Labute approximate surface area is 137 Å². The van der Waals surface area contributed by atoms with E-state index < -0.39 is 0 Å². The van der Waals surface area contributed by atoms with E-state index in [4.69, 9.17) is 0 Å². The molecule has 1 aromatic carbocycles. The van der Waals surface area contributed by atoms with Gasteiger partial charge in [-0.2, -0.15) is 0 Å². The highest BCUT2D eigenvalue weighted by Gasteiger charge is 2.24. The quantitative estimate of drug-likeness (QED) is 0.798. The first-order valence-corrected chi connectivity index (χ1v) is 7.88. The van der Waals surface area contributed by atoms with Crippen LogP contribution in [0.25, 0.3) is 0 Å². The molecule has 2 rings (SSSR count). The van der Waals surface area contributed by atoms with E-state index in [1.807, 2.05) is 58.0 Å². The van der Waals surface area contributed by atoms with E-state index in [-0.39, 0.29) is 23.7 Å². The molecule has 0 amide bonds. The Balaban J connectivity index is 2.17. The Morgan fingerprint density at radius 3 is 2.22 bits per heavy atom. The second kappa shape index (κ2) is 6.92. The van der Waals surface area contributed by atoms with E-state index in [0.717, 1.165) is 16.8 Å². The number of aromatic amines is 1. The lowest BCUT2D eigenvalue weighted by atomic mass is 10.0. The molecule has 1 heterocycles. The molecule has 2 aromatic rings. The molecule has 0 saturated heterocycles. The first kappa shape index (κ1) is 17.2. The maximum absolute atomic E-state index is 12.7. The van der Waals surface area contributed by atoms with Crippen LogP contribution in [0.4, 0.5) is 0 Å². The van der Waals surface area contributed by atoms with Crippen LogP contribution in [0.5, 0.6) is 0 Å². The lowest BCUT2D eigenvalue weighted by Gasteiger charge is -2.19. The summed E-state index contributed by atoms with van der Waals surface area (Å²) in [5.74, 6) is -0.0468. The summed E-state index contributed by atoms with van der Waals surface area (Å²) in [4.78, 5) is 27.5. The second-order valence-electron chi connectivity index (χ2n) is 6.07. The Kier molecular flexibility index (Phi) is 5.16. The number of carbonyl (C=O) groups is 2. The van der Waals surface area contributed by atoms with E-state index in [9.17, 15) is 9.59 Å². The van der Waals surface area contributed by atoms with Crippen molar-refractivity contribution in [2.24, 2.45) is 0 Å². The molecule has 0 unspecified atom stereocenters. The van der Waals surface area contributed by atoms with Crippen molar-refractivity contribution in [3.63, 3.8) is 0 Å². The summed E-state index contributed by atoms with van der Waals surface area (Å²) < 4.78 is 0. The van der Waals surface area contributed by atoms with Crippen LogP contribution in [0.3, 0.4) is 0 Å². The van der Waals surface area contributed by atoms with Crippen LogP contribution in [0.15, 0.2) is 30.3 Å². The van der Waals surface area contributed by atoms with Crippen LogP contribution in [0, 0.1) is 13.8 Å². The van der Waals surface area contributed by atoms with Crippen LogP contribution < -0.4 is 5.32 Å². The molecule has 0 bridgehead atoms. The van der Waals surface area contributed by atoms with E-state index in [0.29, 0.717) is 11.3 Å². The minimum atomic E-state index is -0.346. The molecule has 23 heavy (non-hydrogen) atoms. The van der Waals surface area contributed by atoms with Crippen LogP contribution in [-0.4, -0.2) is 22.6 Å². The molecule has 4 heteroatoms. The first-order valence-electron chi connectivity index (χ1n) is 7.88. The van der Waals surface area contributed by atoms with Crippen molar-refractivity contribution in [3.05, 3.63) is 58.4 Å². The number of ketones is 2. The third-order valence-electron chi connectivity index (χ3n) is 4.23. The van der Waals surface area contributed by atoms with E-state index in [1.165, 1.54) is 6.92 Å². The number of aromatic nitrogens is 1. The van der Waals surface area contributed by atoms with Gasteiger partial charge in [0.15, 0.2) is 11.6 Å². The topological polar surface area (TPSA) is 62.0 Å². The van der Waals surface area contributed by atoms with Crippen LogP contribution in [0.2, 0.25) is 0 Å². The van der Waals surface area contributed by atoms with Crippen molar-refractivity contribution in [2.45, 2.75) is 46.7 Å². The highest BCUT2D eigenvalue weighted by Crippen LogP contribution is 2.20.